The molecule has 0 spiro atoms. The maximum Gasteiger partial charge on any atom is 0.416 e. The number of hydrogen-bond acceptors (Lipinski definition) is 2. The highest BCUT2D eigenvalue weighted by atomic mass is 19.4. The third-order valence-corrected chi connectivity index (χ3v) is 2.44. The van der Waals surface area contributed by atoms with Crippen LogP contribution in [0.1, 0.15) is 34.3 Å². The summed E-state index contributed by atoms with van der Waals surface area (Å²) >= 11 is 0. The SMILES string of the molecule is O=CCCCc1ccc(C(F)(F)F)cc1C(=O)O. The second kappa shape index (κ2) is 5.66. The molecule has 0 fully saturated rings. The van der Waals surface area contributed by atoms with Crippen LogP contribution in [0.15, 0.2) is 18.2 Å². The van der Waals surface area contributed by atoms with E-state index in [0.717, 1.165) is 12.1 Å². The van der Waals surface area contributed by atoms with Crippen LogP contribution >= 0.6 is 0 Å². The van der Waals surface area contributed by atoms with Gasteiger partial charge in [0, 0.05) is 6.42 Å². The van der Waals surface area contributed by atoms with E-state index in [-0.39, 0.29) is 18.4 Å². The van der Waals surface area contributed by atoms with Crippen LogP contribution in [0.4, 0.5) is 13.2 Å². The molecule has 18 heavy (non-hydrogen) atoms. The molecule has 0 bridgehead atoms. The van der Waals surface area contributed by atoms with E-state index in [0.29, 0.717) is 24.3 Å². The lowest BCUT2D eigenvalue weighted by Gasteiger charge is -2.10. The lowest BCUT2D eigenvalue weighted by molar-refractivity contribution is -0.137. The molecular weight excluding hydrogens is 249 g/mol. The van der Waals surface area contributed by atoms with Gasteiger partial charge >= 0.3 is 12.1 Å². The van der Waals surface area contributed by atoms with Crippen LogP contribution in [0.5, 0.6) is 0 Å². The Morgan fingerprint density at radius 2 is 2.00 bits per heavy atom. The molecule has 0 heterocycles. The molecule has 0 radical (unpaired) electrons. The first-order chi connectivity index (χ1) is 8.36. The predicted octanol–water partition coefficient (Wildman–Crippen LogP) is 2.93. The summed E-state index contributed by atoms with van der Waals surface area (Å²) in [6.45, 7) is 0. The number of hydrogen-bond donors (Lipinski definition) is 1. The van der Waals surface area contributed by atoms with Gasteiger partial charge in [0.1, 0.15) is 6.29 Å². The average molecular weight is 260 g/mol. The molecule has 1 aromatic carbocycles. The van der Waals surface area contributed by atoms with Gasteiger partial charge in [0.15, 0.2) is 0 Å². The van der Waals surface area contributed by atoms with E-state index in [4.69, 9.17) is 5.11 Å². The van der Waals surface area contributed by atoms with Crippen molar-refractivity contribution in [2.45, 2.75) is 25.4 Å². The van der Waals surface area contributed by atoms with Crippen molar-refractivity contribution in [1.29, 1.82) is 0 Å². The zero-order chi connectivity index (χ0) is 13.8. The van der Waals surface area contributed by atoms with E-state index in [1.54, 1.807) is 0 Å². The summed E-state index contributed by atoms with van der Waals surface area (Å²) in [5.41, 5.74) is -1.05. The van der Waals surface area contributed by atoms with Crippen LogP contribution in [0, 0.1) is 0 Å². The highest BCUT2D eigenvalue weighted by molar-refractivity contribution is 5.89. The Hall–Kier alpha value is -1.85. The molecule has 3 nitrogen and oxygen atoms in total. The summed E-state index contributed by atoms with van der Waals surface area (Å²) in [6, 6.07) is 2.62. The van der Waals surface area contributed by atoms with Crippen molar-refractivity contribution in [3.05, 3.63) is 34.9 Å². The predicted molar refractivity (Wildman–Crippen MR) is 57.4 cm³/mol. The zero-order valence-electron chi connectivity index (χ0n) is 9.33. The molecule has 0 aliphatic rings. The van der Waals surface area contributed by atoms with Gasteiger partial charge < -0.3 is 9.90 Å². The first-order valence-electron chi connectivity index (χ1n) is 5.23. The Bertz CT molecular complexity index is 452. The number of aryl methyl sites for hydroxylation is 1. The topological polar surface area (TPSA) is 54.4 Å². The molecule has 98 valence electrons. The number of carboxylic acid groups (broad SMARTS) is 1. The Kier molecular flexibility index (Phi) is 4.47. The Morgan fingerprint density at radius 1 is 1.33 bits per heavy atom. The van der Waals surface area contributed by atoms with Crippen LogP contribution in [0.3, 0.4) is 0 Å². The minimum Gasteiger partial charge on any atom is -0.478 e. The molecule has 0 saturated carbocycles. The molecule has 0 saturated heterocycles. The number of aldehydes is 1. The van der Waals surface area contributed by atoms with Gasteiger partial charge in [-0.15, -0.1) is 0 Å². The van der Waals surface area contributed by atoms with Crippen molar-refractivity contribution < 1.29 is 27.9 Å². The summed E-state index contributed by atoms with van der Waals surface area (Å²) in [5, 5.41) is 8.88. The lowest BCUT2D eigenvalue weighted by atomic mass is 9.99. The van der Waals surface area contributed by atoms with Crippen molar-refractivity contribution in [2.24, 2.45) is 0 Å². The van der Waals surface area contributed by atoms with E-state index < -0.39 is 17.7 Å². The number of carboxylic acids is 1. The summed E-state index contributed by atoms with van der Waals surface area (Å²) in [7, 11) is 0. The molecule has 0 aliphatic heterocycles. The van der Waals surface area contributed by atoms with Gasteiger partial charge in [-0.1, -0.05) is 6.07 Å². The second-order valence-electron chi connectivity index (χ2n) is 3.73. The smallest absolute Gasteiger partial charge is 0.416 e. The van der Waals surface area contributed by atoms with Gasteiger partial charge in [0.2, 0.25) is 0 Å². The van der Waals surface area contributed by atoms with Crippen LogP contribution in [0.2, 0.25) is 0 Å². The number of halogens is 3. The van der Waals surface area contributed by atoms with Crippen molar-refractivity contribution in [2.75, 3.05) is 0 Å². The van der Waals surface area contributed by atoms with Crippen molar-refractivity contribution in [1.82, 2.24) is 0 Å². The van der Waals surface area contributed by atoms with Gasteiger partial charge in [0.25, 0.3) is 0 Å². The maximum absolute atomic E-state index is 12.4. The highest BCUT2D eigenvalue weighted by Crippen LogP contribution is 2.30. The molecule has 0 aliphatic carbocycles. The van der Waals surface area contributed by atoms with Crippen LogP contribution < -0.4 is 0 Å². The van der Waals surface area contributed by atoms with Gasteiger partial charge in [-0.05, 0) is 30.5 Å². The lowest BCUT2D eigenvalue weighted by Crippen LogP contribution is -2.10. The summed E-state index contributed by atoms with van der Waals surface area (Å²) in [6.07, 6.45) is -2.95. The Labute approximate surface area is 101 Å². The fourth-order valence-corrected chi connectivity index (χ4v) is 1.55. The van der Waals surface area contributed by atoms with Gasteiger partial charge in [0.05, 0.1) is 11.1 Å². The second-order valence-corrected chi connectivity index (χ2v) is 3.73. The van der Waals surface area contributed by atoms with E-state index in [1.807, 2.05) is 0 Å². The number of aromatic carboxylic acids is 1. The van der Waals surface area contributed by atoms with Crippen molar-refractivity contribution >= 4 is 12.3 Å². The van der Waals surface area contributed by atoms with E-state index in [9.17, 15) is 22.8 Å². The number of rotatable bonds is 5. The van der Waals surface area contributed by atoms with E-state index >= 15 is 0 Å². The van der Waals surface area contributed by atoms with Crippen LogP contribution in [-0.4, -0.2) is 17.4 Å². The Balaban J connectivity index is 3.05. The number of unbranched alkanes of at least 4 members (excludes halogenated alkanes) is 1. The molecule has 1 N–H and O–H groups in total. The van der Waals surface area contributed by atoms with Gasteiger partial charge in [-0.3, -0.25) is 0 Å². The fraction of sp³-hybridized carbons (Fsp3) is 0.333. The average Bonchev–Trinajstić information content (AvgIpc) is 2.28. The first-order valence-corrected chi connectivity index (χ1v) is 5.23. The molecule has 0 aromatic heterocycles. The summed E-state index contributed by atoms with van der Waals surface area (Å²) < 4.78 is 37.3. The number of alkyl halides is 3. The van der Waals surface area contributed by atoms with E-state index in [1.165, 1.54) is 0 Å². The standard InChI is InChI=1S/C12H11F3O3/c13-12(14,15)9-5-4-8(3-1-2-6-16)10(7-9)11(17)18/h4-7H,1-3H2,(H,17,18). The molecule has 1 rings (SSSR count). The summed E-state index contributed by atoms with van der Waals surface area (Å²) in [4.78, 5) is 21.0. The monoisotopic (exact) mass is 260 g/mol. The maximum atomic E-state index is 12.4. The number of carbonyl (C=O) groups excluding carboxylic acids is 1. The fourth-order valence-electron chi connectivity index (χ4n) is 1.55. The van der Waals surface area contributed by atoms with Crippen molar-refractivity contribution in [3.63, 3.8) is 0 Å². The largest absolute Gasteiger partial charge is 0.478 e. The molecule has 0 unspecified atom stereocenters. The molecule has 1 aromatic rings. The molecule has 0 amide bonds. The van der Waals surface area contributed by atoms with Crippen LogP contribution in [-0.2, 0) is 17.4 Å². The molecule has 0 atom stereocenters. The normalized spacial score (nSPS) is 11.3. The minimum absolute atomic E-state index is 0.250. The van der Waals surface area contributed by atoms with Gasteiger partial charge in [-0.25, -0.2) is 4.79 Å². The first kappa shape index (κ1) is 14.2. The highest BCUT2D eigenvalue weighted by Gasteiger charge is 2.31. The van der Waals surface area contributed by atoms with Crippen LogP contribution in [0.25, 0.3) is 0 Å². The third kappa shape index (κ3) is 3.58. The van der Waals surface area contributed by atoms with E-state index in [2.05, 4.69) is 0 Å². The van der Waals surface area contributed by atoms with Gasteiger partial charge in [-0.2, -0.15) is 13.2 Å². The van der Waals surface area contributed by atoms with Crippen molar-refractivity contribution in [3.8, 4) is 0 Å². The molecule has 6 heteroatoms. The zero-order valence-corrected chi connectivity index (χ0v) is 9.33. The Morgan fingerprint density at radius 3 is 2.50 bits per heavy atom. The number of benzene rings is 1. The quantitative estimate of drug-likeness (QED) is 0.654. The summed E-state index contributed by atoms with van der Waals surface area (Å²) in [5.74, 6) is -1.40. The number of carbonyl (C=O) groups is 2. The molecular formula is C12H11F3O3. The third-order valence-electron chi connectivity index (χ3n) is 2.44. The minimum atomic E-state index is -4.56.